The number of para-hydroxylation sites is 1. The highest BCUT2D eigenvalue weighted by atomic mass is 16.5. The van der Waals surface area contributed by atoms with Gasteiger partial charge in [0.2, 0.25) is 0 Å². The molecule has 80 heavy (non-hydrogen) atoms. The Balaban J connectivity index is 1.20. The van der Waals surface area contributed by atoms with Crippen molar-refractivity contribution in [3.8, 4) is 62.1 Å². The number of rotatable bonds is 8. The third-order valence-corrected chi connectivity index (χ3v) is 15.5. The SMILES string of the molecule is [2H]c1c([2H])c2c(c([2H])c1-c1cc(C(C)(C)C)cc(-c3cccc(C(C)(C)C)c3)c1-[n+]1[c-]n(-c3cccc(Oc4ccc5c6ccccc6n(-c6cc(C(C)(C)C)ccn6)c5c4)c3)c3cc(-c4c(C([2H])([2H])[2H])cccc4C([2H])([2H])[2H])ccc31)C(C([2H])([2H])[2H])(C([2H])([2H])[2H])CC2(C([2H])([2H])[2H])C([2H])([2H])[2H]. The van der Waals surface area contributed by atoms with Crippen molar-refractivity contribution < 1.29 is 38.1 Å². The fourth-order valence-corrected chi connectivity index (χ4v) is 11.2. The van der Waals surface area contributed by atoms with E-state index in [1.807, 2.05) is 114 Å². The molecular formula is C75H76N4O. The van der Waals surface area contributed by atoms with Crippen molar-refractivity contribution in [1.29, 1.82) is 0 Å². The van der Waals surface area contributed by atoms with Crippen molar-refractivity contribution >= 4 is 32.8 Å². The molecule has 11 aromatic rings. The molecule has 5 nitrogen and oxygen atoms in total. The fraction of sp³-hybridized carbons (Fsp3) is 0.280. The molecule has 0 saturated heterocycles. The zero-order valence-electron chi connectivity index (χ0n) is 67.4. The molecule has 0 bridgehead atoms. The van der Waals surface area contributed by atoms with E-state index in [1.165, 1.54) is 18.2 Å². The molecule has 3 heterocycles. The summed E-state index contributed by atoms with van der Waals surface area (Å²) in [5.41, 5.74) is -5.11. The van der Waals surface area contributed by atoms with Gasteiger partial charge in [-0.1, -0.05) is 199 Å². The number of hydrogen-bond acceptors (Lipinski definition) is 2. The largest absolute Gasteiger partial charge is 0.458 e. The van der Waals surface area contributed by atoms with Gasteiger partial charge in [0.15, 0.2) is 0 Å². The van der Waals surface area contributed by atoms with Crippen molar-refractivity contribution in [2.24, 2.45) is 0 Å². The summed E-state index contributed by atoms with van der Waals surface area (Å²) in [7, 11) is 0. The molecule has 0 N–H and O–H groups in total. The predicted molar refractivity (Wildman–Crippen MR) is 335 cm³/mol. The zero-order chi connectivity index (χ0) is 74.0. The normalized spacial score (nSPS) is 19.1. The van der Waals surface area contributed by atoms with Gasteiger partial charge in [-0.15, -0.1) is 0 Å². The highest BCUT2D eigenvalue weighted by Crippen LogP contribution is 2.51. The lowest BCUT2D eigenvalue weighted by atomic mass is 9.80. The summed E-state index contributed by atoms with van der Waals surface area (Å²) >= 11 is 0. The summed E-state index contributed by atoms with van der Waals surface area (Å²) in [6, 6.07) is 42.0. The Kier molecular flexibility index (Phi) is 7.88. The number of fused-ring (bicyclic) bond motifs is 5. The maximum absolute atomic E-state index is 10.5. The quantitative estimate of drug-likeness (QED) is 0.112. The van der Waals surface area contributed by atoms with E-state index in [0.717, 1.165) is 32.9 Å². The van der Waals surface area contributed by atoms with E-state index < -0.39 is 104 Å². The first-order valence-electron chi connectivity index (χ1n) is 37.4. The van der Waals surface area contributed by atoms with E-state index >= 15 is 0 Å². The maximum Gasteiger partial charge on any atom is 0.269 e. The van der Waals surface area contributed by atoms with Crippen molar-refractivity contribution in [3.05, 3.63) is 221 Å². The Morgan fingerprint density at radius 3 is 1.98 bits per heavy atom. The summed E-state index contributed by atoms with van der Waals surface area (Å²) in [5, 5.41) is 1.94. The van der Waals surface area contributed by atoms with Crippen LogP contribution in [0.15, 0.2) is 176 Å². The summed E-state index contributed by atoms with van der Waals surface area (Å²) in [4.78, 5) is 4.86. The third-order valence-electron chi connectivity index (χ3n) is 15.5. The zero-order valence-corrected chi connectivity index (χ0v) is 46.4. The summed E-state index contributed by atoms with van der Waals surface area (Å²) in [6.45, 7) is -2.44. The van der Waals surface area contributed by atoms with Crippen molar-refractivity contribution in [2.45, 2.75) is 137 Å². The number of benzene rings is 8. The van der Waals surface area contributed by atoms with Gasteiger partial charge in [-0.05, 0) is 174 Å². The molecule has 0 fully saturated rings. The second kappa shape index (κ2) is 18.8. The third kappa shape index (κ3) is 9.23. The van der Waals surface area contributed by atoms with Gasteiger partial charge in [-0.3, -0.25) is 13.7 Å². The van der Waals surface area contributed by atoms with Gasteiger partial charge in [0.05, 0.1) is 37.6 Å². The van der Waals surface area contributed by atoms with Gasteiger partial charge >= 0.3 is 0 Å². The highest BCUT2D eigenvalue weighted by molar-refractivity contribution is 6.09. The van der Waals surface area contributed by atoms with Crippen LogP contribution in [0.5, 0.6) is 11.5 Å². The van der Waals surface area contributed by atoms with Crippen LogP contribution in [0.2, 0.25) is 0 Å². The number of aryl methyl sites for hydroxylation is 2. The number of hydrogen-bond donors (Lipinski definition) is 0. The molecule has 1 aliphatic rings. The number of pyridine rings is 1. The van der Waals surface area contributed by atoms with Gasteiger partial charge in [0.25, 0.3) is 6.33 Å². The average molecular weight is 1070 g/mol. The van der Waals surface area contributed by atoms with E-state index in [4.69, 9.17) is 34.4 Å². The maximum atomic E-state index is 10.5. The fourth-order valence-electron chi connectivity index (χ4n) is 11.2. The molecule has 0 radical (unpaired) electrons. The molecule has 0 atom stereocenters. The first-order chi connectivity index (χ1) is 46.5. The second-order valence-corrected chi connectivity index (χ2v) is 24.5. The topological polar surface area (TPSA) is 35.9 Å². The molecule has 0 amide bonds. The van der Waals surface area contributed by atoms with E-state index in [2.05, 4.69) is 43.8 Å². The summed E-state index contributed by atoms with van der Waals surface area (Å²) in [6.07, 6.45) is 3.77. The lowest BCUT2D eigenvalue weighted by Gasteiger charge is -2.27. The van der Waals surface area contributed by atoms with Crippen LogP contribution in [0.4, 0.5) is 0 Å². The second-order valence-electron chi connectivity index (χ2n) is 24.5. The molecule has 0 saturated carbocycles. The van der Waals surface area contributed by atoms with Crippen LogP contribution in [0.25, 0.3) is 83.4 Å². The molecule has 0 aliphatic heterocycles. The van der Waals surface area contributed by atoms with Gasteiger partial charge in [0.1, 0.15) is 17.3 Å². The minimum Gasteiger partial charge on any atom is -0.458 e. The monoisotopic (exact) mass is 1070 g/mol. The number of imidazole rings is 1. The standard InChI is InChI=1S/C75H76N4O/c1-47-21-18-22-48(2)69(47)51-30-34-65-67(39-51)77(55-25-20-26-56(43-55)80-57-31-32-59-58-27-16-17-28-64(58)79(66(59)44-57)68-42-53(35-36-76-68)72(6,7)8)46-78(65)70-60(49-23-19-24-52(37-49)71(3,4)5)40-54(73(9,10)11)41-61(70)50-29-33-62-63(38-50)75(14,15)45-74(62,12)13/h16-44H,45H2,1-15H3/i1D3,2D3,12D3,13D3,14D3,15D3,29D,33D,38D. The van der Waals surface area contributed by atoms with Gasteiger partial charge in [-0.2, -0.15) is 0 Å². The van der Waals surface area contributed by atoms with E-state index in [9.17, 15) is 4.11 Å². The molecule has 1 aliphatic carbocycles. The van der Waals surface area contributed by atoms with E-state index in [1.54, 1.807) is 63.9 Å². The van der Waals surface area contributed by atoms with Crippen LogP contribution in [-0.2, 0) is 27.1 Å². The molecule has 402 valence electrons. The van der Waals surface area contributed by atoms with Crippen LogP contribution in [0.1, 0.15) is 164 Å². The minimum absolute atomic E-state index is 0.0721. The average Bonchev–Trinajstić information content (AvgIpc) is 1.50. The number of nitrogens with zero attached hydrogens (tertiary/aromatic N) is 4. The van der Waals surface area contributed by atoms with Crippen LogP contribution >= 0.6 is 0 Å². The summed E-state index contributed by atoms with van der Waals surface area (Å²) < 4.78 is 204. The van der Waals surface area contributed by atoms with Crippen molar-refractivity contribution in [2.75, 3.05) is 0 Å². The van der Waals surface area contributed by atoms with Gasteiger partial charge < -0.3 is 4.74 Å². The Labute approximate surface area is 504 Å². The molecular weight excluding hydrogens is 973 g/mol. The summed E-state index contributed by atoms with van der Waals surface area (Å²) in [5.74, 6) is 1.49. The number of ether oxygens (including phenoxy) is 1. The van der Waals surface area contributed by atoms with Gasteiger partial charge in [0, 0.05) is 47.7 Å². The van der Waals surface area contributed by atoms with Crippen LogP contribution in [0, 0.1) is 20.0 Å². The number of aromatic nitrogens is 4. The first-order valence-corrected chi connectivity index (χ1v) is 26.9. The minimum atomic E-state index is -3.77. The molecule has 3 aromatic heterocycles. The first kappa shape index (κ1) is 33.5. The van der Waals surface area contributed by atoms with E-state index in [-0.39, 0.29) is 50.0 Å². The van der Waals surface area contributed by atoms with Crippen LogP contribution in [-0.4, -0.2) is 14.1 Å². The van der Waals surface area contributed by atoms with Gasteiger partial charge in [-0.25, -0.2) is 4.98 Å². The van der Waals surface area contributed by atoms with Crippen LogP contribution in [0.3, 0.4) is 0 Å². The molecule has 8 aromatic carbocycles. The molecule has 12 rings (SSSR count). The Hall–Kier alpha value is -8.02. The van der Waals surface area contributed by atoms with Crippen molar-refractivity contribution in [1.82, 2.24) is 14.1 Å². The van der Waals surface area contributed by atoms with E-state index in [0.29, 0.717) is 39.7 Å². The lowest BCUT2D eigenvalue weighted by molar-refractivity contribution is -0.571. The Bertz CT molecular complexity index is 5090. The smallest absolute Gasteiger partial charge is 0.269 e. The molecule has 0 spiro atoms. The van der Waals surface area contributed by atoms with Crippen molar-refractivity contribution in [3.63, 3.8) is 0 Å². The predicted octanol–water partition coefficient (Wildman–Crippen LogP) is 19.5. The highest BCUT2D eigenvalue weighted by Gasteiger charge is 2.42. The Morgan fingerprint density at radius 2 is 1.24 bits per heavy atom. The molecule has 0 unspecified atom stereocenters. The lowest BCUT2D eigenvalue weighted by Crippen LogP contribution is -2.32. The Morgan fingerprint density at radius 1 is 0.562 bits per heavy atom. The molecule has 5 heteroatoms. The van der Waals surface area contributed by atoms with Crippen LogP contribution < -0.4 is 9.30 Å².